The van der Waals surface area contributed by atoms with Crippen LogP contribution >= 0.6 is 0 Å². The van der Waals surface area contributed by atoms with Crippen LogP contribution in [0, 0.1) is 5.92 Å². The van der Waals surface area contributed by atoms with E-state index in [0.717, 1.165) is 12.8 Å². The molecular weight excluding hydrogens is 298 g/mol. The summed E-state index contributed by atoms with van der Waals surface area (Å²) >= 11 is 0. The Morgan fingerprint density at radius 3 is 2.52 bits per heavy atom. The van der Waals surface area contributed by atoms with Gasteiger partial charge in [-0.2, -0.15) is 8.78 Å². The largest absolute Gasteiger partial charge is 0.435 e. The Bertz CT molecular complexity index is 560. The highest BCUT2D eigenvalue weighted by Crippen LogP contribution is 2.40. The van der Waals surface area contributed by atoms with E-state index in [2.05, 4.69) is 4.74 Å². The summed E-state index contributed by atoms with van der Waals surface area (Å²) in [5, 5.41) is 0.247. The predicted octanol–water partition coefficient (Wildman–Crippen LogP) is 3.16. The number of alkyl halides is 2. The number of fused-ring (bicyclic) bond motifs is 2. The minimum absolute atomic E-state index is 0.00166. The molecule has 0 amide bonds. The highest BCUT2D eigenvalue weighted by atomic mass is 32.2. The summed E-state index contributed by atoms with van der Waals surface area (Å²) in [6.07, 6.45) is 3.13. The van der Waals surface area contributed by atoms with Crippen molar-refractivity contribution >= 4 is 16.6 Å². The quantitative estimate of drug-likeness (QED) is 0.802. The van der Waals surface area contributed by atoms with Crippen molar-refractivity contribution in [3.8, 4) is 5.75 Å². The normalized spacial score (nSPS) is 31.4. The number of Topliss-reactive ketones (excluding diaryl/α,β-unsaturated/α-hetero) is 1. The Hall–Kier alpha value is -1.30. The lowest BCUT2D eigenvalue weighted by Gasteiger charge is -2.26. The zero-order chi connectivity index (χ0) is 15.0. The molecule has 3 nitrogen and oxygen atoms in total. The molecule has 0 N–H and O–H groups in total. The number of benzene rings is 1. The van der Waals surface area contributed by atoms with Crippen LogP contribution < -0.4 is 4.74 Å². The first-order chi connectivity index (χ1) is 10.0. The van der Waals surface area contributed by atoms with Crippen molar-refractivity contribution in [2.75, 3.05) is 0 Å². The molecule has 0 radical (unpaired) electrons. The molecule has 2 unspecified atom stereocenters. The number of ether oxygens (including phenoxy) is 1. The molecule has 2 saturated heterocycles. The zero-order valence-electron chi connectivity index (χ0n) is 11.3. The topological polar surface area (TPSA) is 43.4 Å². The van der Waals surface area contributed by atoms with Gasteiger partial charge in [0.1, 0.15) is 5.75 Å². The van der Waals surface area contributed by atoms with E-state index >= 15 is 0 Å². The maximum Gasteiger partial charge on any atom is 0.387 e. The van der Waals surface area contributed by atoms with E-state index < -0.39 is 17.4 Å². The van der Waals surface area contributed by atoms with Crippen LogP contribution in [0.5, 0.6) is 5.75 Å². The van der Waals surface area contributed by atoms with Gasteiger partial charge in [0.25, 0.3) is 0 Å². The molecule has 2 fully saturated rings. The number of ketones is 1. The first-order valence-electron chi connectivity index (χ1n) is 7.03. The van der Waals surface area contributed by atoms with E-state index in [0.29, 0.717) is 18.4 Å². The minimum Gasteiger partial charge on any atom is -0.435 e. The van der Waals surface area contributed by atoms with Crippen molar-refractivity contribution in [3.05, 3.63) is 29.8 Å². The van der Waals surface area contributed by atoms with E-state index in [1.807, 2.05) is 0 Å². The van der Waals surface area contributed by atoms with Crippen LogP contribution in [0.4, 0.5) is 8.78 Å². The van der Waals surface area contributed by atoms with E-state index in [9.17, 15) is 17.8 Å². The van der Waals surface area contributed by atoms with Crippen LogP contribution in [0.25, 0.3) is 0 Å². The molecular formula is C15H16F2O3S. The van der Waals surface area contributed by atoms with Crippen LogP contribution in [-0.2, 0) is 10.8 Å². The van der Waals surface area contributed by atoms with Crippen molar-refractivity contribution in [1.29, 1.82) is 0 Å². The molecule has 0 saturated carbocycles. The van der Waals surface area contributed by atoms with Gasteiger partial charge in [0.05, 0.1) is 0 Å². The third kappa shape index (κ3) is 3.00. The number of carbonyl (C=O) groups excluding carboxylic acids is 1. The van der Waals surface area contributed by atoms with Crippen molar-refractivity contribution in [2.24, 2.45) is 5.92 Å². The van der Waals surface area contributed by atoms with Gasteiger partial charge in [-0.05, 0) is 37.8 Å². The number of halogens is 2. The van der Waals surface area contributed by atoms with Crippen LogP contribution in [0.1, 0.15) is 36.0 Å². The number of carbonyl (C=O) groups is 1. The Kier molecular flexibility index (Phi) is 4.06. The lowest BCUT2D eigenvalue weighted by molar-refractivity contribution is -0.0498. The smallest absolute Gasteiger partial charge is 0.387 e. The molecule has 0 aliphatic carbocycles. The standard InChI is InChI=1S/C15H16F2O3S/c16-15(17)20-11-3-1-2-9(6-11)14(18)10-7-12-4-5-13(8-10)21(12)19/h1-3,6,10,12-13,15H,4-5,7-8H2. The van der Waals surface area contributed by atoms with Crippen molar-refractivity contribution in [3.63, 3.8) is 0 Å². The molecule has 2 heterocycles. The summed E-state index contributed by atoms with van der Waals surface area (Å²) in [5.41, 5.74) is 0.394. The molecule has 2 aliphatic heterocycles. The number of rotatable bonds is 4. The highest BCUT2D eigenvalue weighted by Gasteiger charge is 2.42. The van der Waals surface area contributed by atoms with Gasteiger partial charge in [-0.3, -0.25) is 9.00 Å². The first-order valence-corrected chi connectivity index (χ1v) is 8.30. The van der Waals surface area contributed by atoms with E-state index in [4.69, 9.17) is 0 Å². The fraction of sp³-hybridized carbons (Fsp3) is 0.533. The molecule has 2 aliphatic rings. The molecule has 0 spiro atoms. The highest BCUT2D eigenvalue weighted by molar-refractivity contribution is 7.86. The minimum atomic E-state index is -2.90. The average Bonchev–Trinajstić information content (AvgIpc) is 2.67. The van der Waals surface area contributed by atoms with Gasteiger partial charge in [-0.15, -0.1) is 0 Å². The second-order valence-electron chi connectivity index (χ2n) is 5.59. The maximum atomic E-state index is 12.5. The molecule has 3 rings (SSSR count). The molecule has 21 heavy (non-hydrogen) atoms. The number of hydrogen-bond acceptors (Lipinski definition) is 3. The van der Waals surface area contributed by atoms with Gasteiger partial charge >= 0.3 is 6.61 Å². The summed E-state index contributed by atoms with van der Waals surface area (Å²) in [7, 11) is -0.801. The lowest BCUT2D eigenvalue weighted by atomic mass is 9.90. The third-order valence-corrected chi connectivity index (χ3v) is 6.45. The summed E-state index contributed by atoms with van der Waals surface area (Å²) in [6.45, 7) is -2.90. The van der Waals surface area contributed by atoms with Gasteiger partial charge < -0.3 is 4.74 Å². The molecule has 6 heteroatoms. The van der Waals surface area contributed by atoms with Gasteiger partial charge in [0, 0.05) is 32.8 Å². The van der Waals surface area contributed by atoms with Gasteiger partial charge in [0.15, 0.2) is 5.78 Å². The summed E-state index contributed by atoms with van der Waals surface area (Å²) < 4.78 is 40.7. The molecule has 1 aromatic rings. The Balaban J connectivity index is 1.75. The van der Waals surface area contributed by atoms with Crippen LogP contribution in [0.2, 0.25) is 0 Å². The second kappa shape index (κ2) is 5.83. The van der Waals surface area contributed by atoms with Gasteiger partial charge in [0.2, 0.25) is 0 Å². The van der Waals surface area contributed by atoms with Crippen molar-refractivity contribution in [2.45, 2.75) is 42.8 Å². The molecule has 0 aromatic heterocycles. The van der Waals surface area contributed by atoms with Crippen molar-refractivity contribution in [1.82, 2.24) is 0 Å². The van der Waals surface area contributed by atoms with E-state index in [1.54, 1.807) is 12.1 Å². The Labute approximate surface area is 124 Å². The van der Waals surface area contributed by atoms with Crippen LogP contribution in [0.3, 0.4) is 0 Å². The Morgan fingerprint density at radius 1 is 1.24 bits per heavy atom. The maximum absolute atomic E-state index is 12.5. The molecule has 2 bridgehead atoms. The van der Waals surface area contributed by atoms with Gasteiger partial charge in [-0.25, -0.2) is 0 Å². The fourth-order valence-electron chi connectivity index (χ4n) is 3.31. The Morgan fingerprint density at radius 2 is 1.90 bits per heavy atom. The SMILES string of the molecule is O=C(c1cccc(OC(F)F)c1)C1CC2CCC(C1)S2=O. The molecule has 1 aromatic carbocycles. The van der Waals surface area contributed by atoms with E-state index in [-0.39, 0.29) is 28.0 Å². The summed E-state index contributed by atoms with van der Waals surface area (Å²) in [4.78, 5) is 12.5. The lowest BCUT2D eigenvalue weighted by Crippen LogP contribution is -2.32. The second-order valence-corrected chi connectivity index (χ2v) is 7.58. The number of hydrogen-bond donors (Lipinski definition) is 0. The predicted molar refractivity (Wildman–Crippen MR) is 75.1 cm³/mol. The van der Waals surface area contributed by atoms with Gasteiger partial charge in [-0.1, -0.05) is 12.1 Å². The zero-order valence-corrected chi connectivity index (χ0v) is 12.2. The van der Waals surface area contributed by atoms with E-state index in [1.165, 1.54) is 12.1 Å². The molecule has 2 atom stereocenters. The first kappa shape index (κ1) is 14.6. The summed E-state index contributed by atoms with van der Waals surface area (Å²) in [6, 6.07) is 5.93. The van der Waals surface area contributed by atoms with Crippen LogP contribution in [-0.4, -0.2) is 27.1 Å². The van der Waals surface area contributed by atoms with Crippen molar-refractivity contribution < 1.29 is 22.5 Å². The van der Waals surface area contributed by atoms with Crippen LogP contribution in [0.15, 0.2) is 24.3 Å². The third-order valence-electron chi connectivity index (χ3n) is 4.28. The molecule has 114 valence electrons. The monoisotopic (exact) mass is 314 g/mol. The summed E-state index contributed by atoms with van der Waals surface area (Å²) in [5.74, 6) is -0.205. The average molecular weight is 314 g/mol. The fourth-order valence-corrected chi connectivity index (χ4v) is 5.43.